The highest BCUT2D eigenvalue weighted by Crippen LogP contribution is 2.44. The van der Waals surface area contributed by atoms with Crippen molar-refractivity contribution in [2.45, 2.75) is 32.5 Å². The van der Waals surface area contributed by atoms with Crippen molar-refractivity contribution >= 4 is 11.6 Å². The number of amides is 1. The van der Waals surface area contributed by atoms with Crippen molar-refractivity contribution in [3.63, 3.8) is 0 Å². The molecule has 1 aliphatic heterocycles. The zero-order chi connectivity index (χ0) is 14.2. The number of alkyl halides is 3. The van der Waals surface area contributed by atoms with Gasteiger partial charge in [0.15, 0.2) is 5.75 Å². The van der Waals surface area contributed by atoms with E-state index in [4.69, 9.17) is 0 Å². The Balaban J connectivity index is 2.40. The van der Waals surface area contributed by atoms with Crippen LogP contribution in [0.4, 0.5) is 18.9 Å². The second-order valence-electron chi connectivity index (χ2n) is 4.62. The van der Waals surface area contributed by atoms with Crippen molar-refractivity contribution in [2.75, 3.05) is 5.32 Å². The molecule has 0 radical (unpaired) electrons. The molecule has 0 aliphatic carbocycles. The first-order valence-electron chi connectivity index (χ1n) is 6.03. The molecule has 2 atom stereocenters. The number of nitrogens with one attached hydrogen (secondary N) is 1. The maximum absolute atomic E-state index is 12.3. The molecule has 0 saturated carbocycles. The molecular formula is C13H14F3NO2. The van der Waals surface area contributed by atoms with Crippen LogP contribution in [0.1, 0.15) is 31.7 Å². The second-order valence-corrected chi connectivity index (χ2v) is 4.62. The normalized spacial score (nSPS) is 19.8. The molecule has 0 saturated heterocycles. The van der Waals surface area contributed by atoms with Crippen LogP contribution in [0.2, 0.25) is 0 Å². The lowest BCUT2D eigenvalue weighted by atomic mass is 9.86. The summed E-state index contributed by atoms with van der Waals surface area (Å²) in [6.45, 7) is 3.84. The van der Waals surface area contributed by atoms with Crippen LogP contribution in [0.25, 0.3) is 0 Å². The Morgan fingerprint density at radius 3 is 2.68 bits per heavy atom. The lowest BCUT2D eigenvalue weighted by molar-refractivity contribution is -0.274. The third-order valence-electron chi connectivity index (χ3n) is 3.36. The van der Waals surface area contributed by atoms with E-state index < -0.39 is 12.3 Å². The van der Waals surface area contributed by atoms with Gasteiger partial charge in [-0.1, -0.05) is 32.4 Å². The molecule has 1 amide bonds. The van der Waals surface area contributed by atoms with Gasteiger partial charge in [0.05, 0.1) is 11.6 Å². The minimum Gasteiger partial charge on any atom is -0.404 e. The van der Waals surface area contributed by atoms with E-state index in [-0.39, 0.29) is 23.3 Å². The Bertz CT molecular complexity index is 499. The molecule has 1 aromatic carbocycles. The highest BCUT2D eigenvalue weighted by atomic mass is 19.4. The largest absolute Gasteiger partial charge is 0.573 e. The summed E-state index contributed by atoms with van der Waals surface area (Å²) in [6, 6.07) is 4.33. The molecule has 104 valence electrons. The van der Waals surface area contributed by atoms with Crippen LogP contribution < -0.4 is 10.1 Å². The number of hydrogen-bond acceptors (Lipinski definition) is 2. The lowest BCUT2D eigenvalue weighted by Gasteiger charge is -2.16. The SMILES string of the molecule is CCC(C)C1C(=O)Nc2c(OC(F)(F)F)cccc21. The van der Waals surface area contributed by atoms with Gasteiger partial charge in [0, 0.05) is 0 Å². The molecule has 2 unspecified atom stereocenters. The number of rotatable bonds is 3. The van der Waals surface area contributed by atoms with Crippen molar-refractivity contribution in [3.8, 4) is 5.75 Å². The van der Waals surface area contributed by atoms with Crippen LogP contribution in [-0.4, -0.2) is 12.3 Å². The van der Waals surface area contributed by atoms with Crippen molar-refractivity contribution in [2.24, 2.45) is 5.92 Å². The fraction of sp³-hybridized carbons (Fsp3) is 0.462. The van der Waals surface area contributed by atoms with Crippen molar-refractivity contribution in [3.05, 3.63) is 23.8 Å². The summed E-state index contributed by atoms with van der Waals surface area (Å²) in [7, 11) is 0. The molecule has 0 fully saturated rings. The van der Waals surface area contributed by atoms with Gasteiger partial charge in [-0.25, -0.2) is 0 Å². The zero-order valence-electron chi connectivity index (χ0n) is 10.5. The monoisotopic (exact) mass is 273 g/mol. The minimum absolute atomic E-state index is 0.0578. The third-order valence-corrected chi connectivity index (χ3v) is 3.36. The summed E-state index contributed by atoms with van der Waals surface area (Å²) >= 11 is 0. The van der Waals surface area contributed by atoms with Gasteiger partial charge in [0.2, 0.25) is 5.91 Å². The molecule has 0 bridgehead atoms. The molecule has 2 rings (SSSR count). The van der Waals surface area contributed by atoms with Gasteiger partial charge < -0.3 is 10.1 Å². The Kier molecular flexibility index (Phi) is 3.43. The lowest BCUT2D eigenvalue weighted by Crippen LogP contribution is -2.19. The summed E-state index contributed by atoms with van der Waals surface area (Å²) < 4.78 is 40.8. The summed E-state index contributed by atoms with van der Waals surface area (Å²) in [4.78, 5) is 11.9. The Morgan fingerprint density at radius 1 is 1.42 bits per heavy atom. The van der Waals surface area contributed by atoms with Crippen LogP contribution in [-0.2, 0) is 4.79 Å². The third kappa shape index (κ3) is 2.67. The first-order valence-corrected chi connectivity index (χ1v) is 6.03. The molecule has 19 heavy (non-hydrogen) atoms. The quantitative estimate of drug-likeness (QED) is 0.912. The van der Waals surface area contributed by atoms with Crippen molar-refractivity contribution in [1.82, 2.24) is 0 Å². The van der Waals surface area contributed by atoms with Crippen LogP contribution in [0, 0.1) is 5.92 Å². The number of fused-ring (bicyclic) bond motifs is 1. The average Bonchev–Trinajstić information content (AvgIpc) is 2.64. The summed E-state index contributed by atoms with van der Waals surface area (Å²) in [5, 5.41) is 2.49. The average molecular weight is 273 g/mol. The van der Waals surface area contributed by atoms with E-state index in [1.165, 1.54) is 12.1 Å². The maximum atomic E-state index is 12.3. The molecule has 1 heterocycles. The zero-order valence-corrected chi connectivity index (χ0v) is 10.5. The van der Waals surface area contributed by atoms with Crippen molar-refractivity contribution < 1.29 is 22.7 Å². The van der Waals surface area contributed by atoms with Crippen LogP contribution in [0.5, 0.6) is 5.75 Å². The van der Waals surface area contributed by atoms with Crippen LogP contribution in [0.3, 0.4) is 0 Å². The number of hydrogen-bond donors (Lipinski definition) is 1. The van der Waals surface area contributed by atoms with E-state index in [2.05, 4.69) is 10.1 Å². The predicted molar refractivity (Wildman–Crippen MR) is 64.0 cm³/mol. The number of ether oxygens (including phenoxy) is 1. The van der Waals surface area contributed by atoms with Gasteiger partial charge in [0.25, 0.3) is 0 Å². The molecule has 6 heteroatoms. The number of anilines is 1. The smallest absolute Gasteiger partial charge is 0.404 e. The number of para-hydroxylation sites is 1. The van der Waals surface area contributed by atoms with E-state index in [9.17, 15) is 18.0 Å². The molecule has 0 spiro atoms. The fourth-order valence-corrected chi connectivity index (χ4v) is 2.29. The molecule has 3 nitrogen and oxygen atoms in total. The molecule has 1 aliphatic rings. The highest BCUT2D eigenvalue weighted by molar-refractivity contribution is 6.04. The van der Waals surface area contributed by atoms with Gasteiger partial charge in [-0.15, -0.1) is 13.2 Å². The first-order chi connectivity index (χ1) is 8.83. The molecule has 1 N–H and O–H groups in total. The predicted octanol–water partition coefficient (Wildman–Crippen LogP) is 3.67. The number of carbonyl (C=O) groups is 1. The van der Waals surface area contributed by atoms with Crippen LogP contribution in [0.15, 0.2) is 18.2 Å². The van der Waals surface area contributed by atoms with Gasteiger partial charge in [-0.3, -0.25) is 4.79 Å². The van der Waals surface area contributed by atoms with E-state index in [1.807, 2.05) is 13.8 Å². The number of carbonyl (C=O) groups excluding carboxylic acids is 1. The summed E-state index contributed by atoms with van der Waals surface area (Å²) in [6.07, 6.45) is -4.00. The van der Waals surface area contributed by atoms with Crippen molar-refractivity contribution in [1.29, 1.82) is 0 Å². The molecule has 1 aromatic rings. The van der Waals surface area contributed by atoms with E-state index in [0.717, 1.165) is 6.42 Å². The Labute approximate surface area is 108 Å². The highest BCUT2D eigenvalue weighted by Gasteiger charge is 2.38. The van der Waals surface area contributed by atoms with E-state index in [1.54, 1.807) is 6.07 Å². The van der Waals surface area contributed by atoms with Gasteiger partial charge in [0.1, 0.15) is 0 Å². The summed E-state index contributed by atoms with van der Waals surface area (Å²) in [5.74, 6) is -0.995. The van der Waals surface area contributed by atoms with E-state index >= 15 is 0 Å². The number of benzene rings is 1. The molecular weight excluding hydrogens is 259 g/mol. The van der Waals surface area contributed by atoms with Gasteiger partial charge in [-0.2, -0.15) is 0 Å². The first kappa shape index (κ1) is 13.7. The summed E-state index contributed by atoms with van der Waals surface area (Å²) in [5.41, 5.74) is 0.705. The molecule has 0 aromatic heterocycles. The van der Waals surface area contributed by atoms with Crippen LogP contribution >= 0.6 is 0 Å². The van der Waals surface area contributed by atoms with E-state index in [0.29, 0.717) is 5.56 Å². The maximum Gasteiger partial charge on any atom is 0.573 e. The number of halogens is 3. The Hall–Kier alpha value is -1.72. The van der Waals surface area contributed by atoms with Gasteiger partial charge >= 0.3 is 6.36 Å². The minimum atomic E-state index is -4.77. The fourth-order valence-electron chi connectivity index (χ4n) is 2.29. The standard InChI is InChI=1S/C13H14F3NO2/c1-3-7(2)10-8-5-4-6-9(19-13(14,15)16)11(8)17-12(10)18/h4-7,10H,3H2,1-2H3,(H,17,18). The topological polar surface area (TPSA) is 38.3 Å². The van der Waals surface area contributed by atoms with Gasteiger partial charge in [-0.05, 0) is 17.5 Å². The Morgan fingerprint density at radius 2 is 2.11 bits per heavy atom. The second kappa shape index (κ2) is 4.75.